The van der Waals surface area contributed by atoms with E-state index in [1.807, 2.05) is 38.4 Å². The van der Waals surface area contributed by atoms with Gasteiger partial charge in [0.2, 0.25) is 12.3 Å². The minimum absolute atomic E-state index is 0.0882. The van der Waals surface area contributed by atoms with Crippen molar-refractivity contribution in [1.82, 2.24) is 20.5 Å². The number of hydrogen-bond donors (Lipinski definition) is 3. The van der Waals surface area contributed by atoms with Crippen LogP contribution in [0, 0.1) is 12.8 Å². The number of amides is 2. The van der Waals surface area contributed by atoms with E-state index in [0.717, 1.165) is 17.2 Å². The first kappa shape index (κ1) is 28.7. The maximum absolute atomic E-state index is 11.4. The molecule has 33 heavy (non-hydrogen) atoms. The van der Waals surface area contributed by atoms with E-state index in [2.05, 4.69) is 48.5 Å². The van der Waals surface area contributed by atoms with Gasteiger partial charge >= 0.3 is 0 Å². The zero-order valence-corrected chi connectivity index (χ0v) is 21.6. The first-order chi connectivity index (χ1) is 15.6. The molecule has 8 heteroatoms. The molecule has 1 aliphatic rings. The van der Waals surface area contributed by atoms with Gasteiger partial charge in [0.1, 0.15) is 0 Å². The number of aliphatic hydroxyl groups is 1. The molecular formula is C25H40N4O3S. The lowest BCUT2D eigenvalue weighted by molar-refractivity contribution is -0.129. The lowest BCUT2D eigenvalue weighted by atomic mass is 10.1. The van der Waals surface area contributed by atoms with E-state index in [-0.39, 0.29) is 12.0 Å². The van der Waals surface area contributed by atoms with E-state index in [1.54, 1.807) is 16.2 Å². The molecule has 0 saturated carbocycles. The fraction of sp³-hybridized carbons (Fsp3) is 0.560. The summed E-state index contributed by atoms with van der Waals surface area (Å²) in [6.07, 6.45) is 1.11. The molecule has 0 aliphatic carbocycles. The average molecular weight is 477 g/mol. The molecule has 3 N–H and O–H groups in total. The number of aromatic nitrogens is 1. The number of rotatable bonds is 7. The molecule has 1 unspecified atom stereocenters. The number of carbonyl (C=O) groups excluding carboxylic acids is 2. The van der Waals surface area contributed by atoms with Gasteiger partial charge < -0.3 is 20.6 Å². The molecule has 1 atom stereocenters. The Hall–Kier alpha value is -2.29. The maximum Gasteiger partial charge on any atom is 0.236 e. The van der Waals surface area contributed by atoms with Crippen molar-refractivity contribution in [2.45, 2.75) is 66.7 Å². The predicted octanol–water partition coefficient (Wildman–Crippen LogP) is 3.60. The highest BCUT2D eigenvalue weighted by Crippen LogP contribution is 2.27. The minimum atomic E-state index is -0.317. The molecule has 2 heterocycles. The quantitative estimate of drug-likeness (QED) is 0.531. The summed E-state index contributed by atoms with van der Waals surface area (Å²) in [5.41, 5.74) is 5.18. The van der Waals surface area contributed by atoms with Gasteiger partial charge in [0, 0.05) is 25.7 Å². The number of nitrogens with zero attached hydrogens (tertiary/aromatic N) is 2. The molecule has 1 aromatic heterocycles. The molecule has 3 rings (SSSR count). The molecule has 184 valence electrons. The van der Waals surface area contributed by atoms with Crippen molar-refractivity contribution >= 4 is 23.7 Å². The number of likely N-dealkylation sites (tertiary alicyclic amines) is 1. The van der Waals surface area contributed by atoms with E-state index >= 15 is 0 Å². The first-order valence-corrected chi connectivity index (χ1v) is 12.4. The SMILES string of the molecule is CC(C)C.CC(C)NCC(=O)N1CCC(O)C1.Cc1ncsc1-c1ccc(CNC=O)cc1. The fourth-order valence-corrected chi connectivity index (χ4v) is 3.70. The number of nitrogens with one attached hydrogen (secondary N) is 2. The summed E-state index contributed by atoms with van der Waals surface area (Å²) in [5.74, 6) is 0.922. The van der Waals surface area contributed by atoms with Gasteiger partial charge in [-0.15, -0.1) is 11.3 Å². The molecule has 1 saturated heterocycles. The molecule has 0 spiro atoms. The second-order valence-corrected chi connectivity index (χ2v) is 9.87. The van der Waals surface area contributed by atoms with Gasteiger partial charge in [-0.25, -0.2) is 4.98 Å². The lowest BCUT2D eigenvalue weighted by Crippen LogP contribution is -2.39. The van der Waals surface area contributed by atoms with Gasteiger partial charge in [-0.05, 0) is 30.4 Å². The molecule has 1 aliphatic heterocycles. The largest absolute Gasteiger partial charge is 0.391 e. The van der Waals surface area contributed by atoms with Crippen molar-refractivity contribution in [3.63, 3.8) is 0 Å². The van der Waals surface area contributed by atoms with Crippen LogP contribution in [0.4, 0.5) is 0 Å². The van der Waals surface area contributed by atoms with E-state index in [1.165, 1.54) is 10.4 Å². The highest BCUT2D eigenvalue weighted by molar-refractivity contribution is 7.13. The molecule has 1 fully saturated rings. The van der Waals surface area contributed by atoms with Gasteiger partial charge in [0.25, 0.3) is 0 Å². The van der Waals surface area contributed by atoms with Crippen LogP contribution in [-0.2, 0) is 16.1 Å². The minimum Gasteiger partial charge on any atom is -0.391 e. The second-order valence-electron chi connectivity index (χ2n) is 9.01. The van der Waals surface area contributed by atoms with Crippen LogP contribution < -0.4 is 10.6 Å². The third kappa shape index (κ3) is 11.9. The highest BCUT2D eigenvalue weighted by atomic mass is 32.1. The smallest absolute Gasteiger partial charge is 0.236 e. The Balaban J connectivity index is 0.000000289. The first-order valence-electron chi connectivity index (χ1n) is 11.5. The van der Waals surface area contributed by atoms with E-state index in [0.29, 0.717) is 45.1 Å². The fourth-order valence-electron chi connectivity index (χ4n) is 2.88. The van der Waals surface area contributed by atoms with Crippen LogP contribution in [0.3, 0.4) is 0 Å². The second kappa shape index (κ2) is 15.5. The topological polar surface area (TPSA) is 94.6 Å². The zero-order chi connectivity index (χ0) is 24.8. The Morgan fingerprint density at radius 1 is 1.24 bits per heavy atom. The standard InChI is InChI=1S/C12H12N2OS.C9H18N2O2.C4H10/c1-9-12(16-8-14-9)11-4-2-10(3-5-11)6-13-7-15;1-7(2)10-5-9(13)11-4-3-8(12)6-11;1-4(2)3/h2-5,7-8H,6H2,1H3,(H,13,15);7-8,10,12H,3-6H2,1-2H3;4H,1-3H3. The Labute approximate surface area is 202 Å². The van der Waals surface area contributed by atoms with Crippen LogP contribution in [0.25, 0.3) is 10.4 Å². The van der Waals surface area contributed by atoms with Crippen LogP contribution in [0.2, 0.25) is 0 Å². The summed E-state index contributed by atoms with van der Waals surface area (Å²) < 4.78 is 0. The molecule has 2 amide bonds. The molecule has 7 nitrogen and oxygen atoms in total. The van der Waals surface area contributed by atoms with Crippen molar-refractivity contribution in [2.75, 3.05) is 19.6 Å². The monoisotopic (exact) mass is 476 g/mol. The number of carbonyl (C=O) groups is 2. The number of β-amino-alcohol motifs (C(OH)–C–C–N with tert-alkyl or cyclic N) is 1. The molecule has 0 radical (unpaired) electrons. The normalized spacial score (nSPS) is 14.9. The van der Waals surface area contributed by atoms with E-state index in [4.69, 9.17) is 0 Å². The van der Waals surface area contributed by atoms with Crippen LogP contribution in [0.15, 0.2) is 29.8 Å². The van der Waals surface area contributed by atoms with Gasteiger partial charge in [-0.3, -0.25) is 9.59 Å². The number of hydrogen-bond acceptors (Lipinski definition) is 6. The maximum atomic E-state index is 11.4. The number of thiazole rings is 1. The summed E-state index contributed by atoms with van der Waals surface area (Å²) >= 11 is 1.64. The van der Waals surface area contributed by atoms with E-state index in [9.17, 15) is 14.7 Å². The highest BCUT2D eigenvalue weighted by Gasteiger charge is 2.23. The summed E-state index contributed by atoms with van der Waals surface area (Å²) in [7, 11) is 0. The average Bonchev–Trinajstić information content (AvgIpc) is 3.39. The third-order valence-electron chi connectivity index (χ3n) is 4.53. The Bertz CT molecular complexity index is 819. The van der Waals surface area contributed by atoms with Crippen LogP contribution in [-0.4, -0.2) is 59.1 Å². The van der Waals surface area contributed by atoms with Crippen molar-refractivity contribution in [1.29, 1.82) is 0 Å². The van der Waals surface area contributed by atoms with Crippen molar-refractivity contribution in [2.24, 2.45) is 5.92 Å². The van der Waals surface area contributed by atoms with Gasteiger partial charge in [0.05, 0.1) is 28.7 Å². The number of benzene rings is 1. The van der Waals surface area contributed by atoms with Gasteiger partial charge in [0.15, 0.2) is 0 Å². The van der Waals surface area contributed by atoms with Crippen molar-refractivity contribution in [3.05, 3.63) is 41.0 Å². The van der Waals surface area contributed by atoms with E-state index < -0.39 is 0 Å². The Morgan fingerprint density at radius 3 is 2.33 bits per heavy atom. The number of aliphatic hydroxyl groups excluding tert-OH is 1. The molecular weight excluding hydrogens is 436 g/mol. The van der Waals surface area contributed by atoms with Gasteiger partial charge in [-0.1, -0.05) is 58.9 Å². The number of aryl methyl sites for hydroxylation is 1. The van der Waals surface area contributed by atoms with Crippen molar-refractivity contribution in [3.8, 4) is 10.4 Å². The molecule has 0 bridgehead atoms. The summed E-state index contributed by atoms with van der Waals surface area (Å²) in [5, 5.41) is 14.9. The van der Waals surface area contributed by atoms with Crippen LogP contribution in [0.5, 0.6) is 0 Å². The zero-order valence-electron chi connectivity index (χ0n) is 20.8. The molecule has 2 aromatic rings. The predicted molar refractivity (Wildman–Crippen MR) is 136 cm³/mol. The Morgan fingerprint density at radius 2 is 1.88 bits per heavy atom. The summed E-state index contributed by atoms with van der Waals surface area (Å²) in [4.78, 5) is 28.7. The van der Waals surface area contributed by atoms with Gasteiger partial charge in [-0.2, -0.15) is 0 Å². The lowest BCUT2D eigenvalue weighted by Gasteiger charge is -2.16. The molecule has 1 aromatic carbocycles. The Kier molecular flexibility index (Phi) is 13.5. The summed E-state index contributed by atoms with van der Waals surface area (Å²) in [6, 6.07) is 8.48. The van der Waals surface area contributed by atoms with Crippen molar-refractivity contribution < 1.29 is 14.7 Å². The van der Waals surface area contributed by atoms with Crippen LogP contribution in [0.1, 0.15) is 52.3 Å². The third-order valence-corrected chi connectivity index (χ3v) is 5.51. The van der Waals surface area contributed by atoms with Crippen LogP contribution >= 0.6 is 11.3 Å². The summed E-state index contributed by atoms with van der Waals surface area (Å²) in [6.45, 7) is 14.7.